The van der Waals surface area contributed by atoms with E-state index in [2.05, 4.69) is 15.4 Å². The maximum atomic E-state index is 9.96. The van der Waals surface area contributed by atoms with Crippen LogP contribution in [0.1, 0.15) is 11.1 Å². The Morgan fingerprint density at radius 2 is 1.63 bits per heavy atom. The Bertz CT molecular complexity index is 1140. The summed E-state index contributed by atoms with van der Waals surface area (Å²) >= 11 is 0. The number of phenols is 3. The normalized spacial score (nSPS) is 11.0. The van der Waals surface area contributed by atoms with Gasteiger partial charge in [0, 0.05) is 17.8 Å². The lowest BCUT2D eigenvalue weighted by Crippen LogP contribution is -1.94. The highest BCUT2D eigenvalue weighted by Gasteiger charge is 2.10. The first-order valence-corrected chi connectivity index (χ1v) is 8.37. The van der Waals surface area contributed by atoms with E-state index in [0.717, 1.165) is 22.3 Å². The molecule has 2 aromatic heterocycles. The van der Waals surface area contributed by atoms with Gasteiger partial charge in [-0.3, -0.25) is 0 Å². The van der Waals surface area contributed by atoms with Gasteiger partial charge in [0.05, 0.1) is 5.69 Å². The fourth-order valence-corrected chi connectivity index (χ4v) is 2.97. The van der Waals surface area contributed by atoms with E-state index in [9.17, 15) is 15.3 Å². The molecule has 0 amide bonds. The molecule has 0 spiro atoms. The molecule has 0 radical (unpaired) electrons. The van der Waals surface area contributed by atoms with Crippen molar-refractivity contribution in [3.63, 3.8) is 0 Å². The lowest BCUT2D eigenvalue weighted by atomic mass is 10.0. The molecular formula is C20H18N4O3. The first-order chi connectivity index (χ1) is 12.9. The largest absolute Gasteiger partial charge is 0.508 e. The summed E-state index contributed by atoms with van der Waals surface area (Å²) < 4.78 is 1.63. The summed E-state index contributed by atoms with van der Waals surface area (Å²) in [7, 11) is 0. The number of hydrogen-bond donors (Lipinski definition) is 4. The van der Waals surface area contributed by atoms with Crippen molar-refractivity contribution in [2.75, 3.05) is 5.32 Å². The highest BCUT2D eigenvalue weighted by molar-refractivity contribution is 5.69. The SMILES string of the molecule is Cc1cc(-c2ccc3nc(Nc4cc(O)ccc4O)nn3c2)cc(C)c1O. The minimum absolute atomic E-state index is 0.0117. The summed E-state index contributed by atoms with van der Waals surface area (Å²) in [5, 5.41) is 36.7. The number of rotatable bonds is 3. The lowest BCUT2D eigenvalue weighted by Gasteiger charge is -2.08. The number of hydrogen-bond acceptors (Lipinski definition) is 6. The van der Waals surface area contributed by atoms with Gasteiger partial charge in [-0.1, -0.05) is 0 Å². The third-order valence-corrected chi connectivity index (χ3v) is 4.38. The fourth-order valence-electron chi connectivity index (χ4n) is 2.97. The molecule has 4 aromatic rings. The smallest absolute Gasteiger partial charge is 0.247 e. The molecule has 27 heavy (non-hydrogen) atoms. The van der Waals surface area contributed by atoms with Crippen LogP contribution >= 0.6 is 0 Å². The number of pyridine rings is 1. The molecule has 2 heterocycles. The number of aromatic hydroxyl groups is 3. The summed E-state index contributed by atoms with van der Waals surface area (Å²) in [4.78, 5) is 4.37. The van der Waals surface area contributed by atoms with Crippen molar-refractivity contribution in [2.45, 2.75) is 13.8 Å². The van der Waals surface area contributed by atoms with Gasteiger partial charge in [0.25, 0.3) is 0 Å². The number of aromatic nitrogens is 3. The number of nitrogens with one attached hydrogen (secondary N) is 1. The molecular weight excluding hydrogens is 344 g/mol. The molecule has 0 atom stereocenters. The van der Waals surface area contributed by atoms with Crippen molar-refractivity contribution in [1.29, 1.82) is 0 Å². The predicted octanol–water partition coefficient (Wildman–Crippen LogP) is 3.87. The molecule has 0 aliphatic carbocycles. The van der Waals surface area contributed by atoms with Gasteiger partial charge in [-0.25, -0.2) is 4.52 Å². The van der Waals surface area contributed by atoms with Crippen LogP contribution in [0.2, 0.25) is 0 Å². The third kappa shape index (κ3) is 3.10. The number of anilines is 2. The van der Waals surface area contributed by atoms with E-state index in [0.29, 0.717) is 23.0 Å². The zero-order valence-corrected chi connectivity index (χ0v) is 14.8. The quantitative estimate of drug-likeness (QED) is 0.326. The number of phenolic OH excluding ortho intramolecular Hbond substituents is 3. The van der Waals surface area contributed by atoms with E-state index >= 15 is 0 Å². The summed E-state index contributed by atoms with van der Waals surface area (Å²) in [6.07, 6.45) is 1.85. The van der Waals surface area contributed by atoms with Gasteiger partial charge >= 0.3 is 0 Å². The Morgan fingerprint density at radius 3 is 2.37 bits per heavy atom. The van der Waals surface area contributed by atoms with Crippen molar-refractivity contribution in [3.05, 3.63) is 59.8 Å². The maximum Gasteiger partial charge on any atom is 0.247 e. The van der Waals surface area contributed by atoms with Gasteiger partial charge in [-0.15, -0.1) is 5.10 Å². The van der Waals surface area contributed by atoms with Crippen molar-refractivity contribution in [2.24, 2.45) is 0 Å². The molecule has 2 aromatic carbocycles. The lowest BCUT2D eigenvalue weighted by molar-refractivity contribution is 0.462. The standard InChI is InChI=1S/C20H18N4O3/c1-11-7-14(8-12(2)19(11)27)13-3-6-18-22-20(23-24(18)10-13)21-16-9-15(25)4-5-17(16)26/h3-10,25-27H,1-2H3,(H,21,23). The van der Waals surface area contributed by atoms with E-state index in [1.54, 1.807) is 4.52 Å². The Morgan fingerprint density at radius 1 is 0.889 bits per heavy atom. The molecule has 7 heteroatoms. The average molecular weight is 362 g/mol. The summed E-state index contributed by atoms with van der Waals surface area (Å²) in [6, 6.07) is 11.8. The van der Waals surface area contributed by atoms with Crippen LogP contribution in [0.15, 0.2) is 48.7 Å². The van der Waals surface area contributed by atoms with E-state index in [1.807, 2.05) is 44.3 Å². The van der Waals surface area contributed by atoms with Crippen LogP contribution < -0.4 is 5.32 Å². The van der Waals surface area contributed by atoms with Gasteiger partial charge in [0.1, 0.15) is 17.2 Å². The monoisotopic (exact) mass is 362 g/mol. The van der Waals surface area contributed by atoms with Crippen LogP contribution in [-0.4, -0.2) is 29.9 Å². The molecule has 0 saturated heterocycles. The number of benzene rings is 2. The second kappa shape index (κ2) is 6.21. The van der Waals surface area contributed by atoms with E-state index in [4.69, 9.17) is 0 Å². The summed E-state index contributed by atoms with van der Waals surface area (Å²) in [5.74, 6) is 0.617. The van der Waals surface area contributed by atoms with Crippen molar-refractivity contribution in [1.82, 2.24) is 14.6 Å². The highest BCUT2D eigenvalue weighted by Crippen LogP contribution is 2.31. The van der Waals surface area contributed by atoms with Gasteiger partial charge in [-0.05, 0) is 66.9 Å². The molecule has 0 bridgehead atoms. The van der Waals surface area contributed by atoms with Crippen molar-refractivity contribution < 1.29 is 15.3 Å². The molecule has 0 fully saturated rings. The van der Waals surface area contributed by atoms with Crippen molar-refractivity contribution >= 4 is 17.3 Å². The fraction of sp³-hybridized carbons (Fsp3) is 0.100. The minimum Gasteiger partial charge on any atom is -0.508 e. The molecule has 0 saturated carbocycles. The van der Waals surface area contributed by atoms with Crippen LogP contribution in [-0.2, 0) is 0 Å². The highest BCUT2D eigenvalue weighted by atomic mass is 16.3. The molecule has 4 rings (SSSR count). The summed E-state index contributed by atoms with van der Waals surface area (Å²) in [6.45, 7) is 3.73. The number of aryl methyl sites for hydroxylation is 2. The van der Waals surface area contributed by atoms with Crippen LogP contribution in [0.5, 0.6) is 17.2 Å². The van der Waals surface area contributed by atoms with Gasteiger partial charge in [0.2, 0.25) is 5.95 Å². The Labute approximate surface area is 155 Å². The Balaban J connectivity index is 1.71. The van der Waals surface area contributed by atoms with E-state index < -0.39 is 0 Å². The molecule has 136 valence electrons. The average Bonchev–Trinajstić information content (AvgIpc) is 3.03. The summed E-state index contributed by atoms with van der Waals surface area (Å²) in [5.41, 5.74) is 4.48. The van der Waals surface area contributed by atoms with Gasteiger partial charge < -0.3 is 20.6 Å². The van der Waals surface area contributed by atoms with Crippen LogP contribution in [0.3, 0.4) is 0 Å². The Hall–Kier alpha value is -3.74. The van der Waals surface area contributed by atoms with Crippen LogP contribution in [0.4, 0.5) is 11.6 Å². The zero-order valence-electron chi connectivity index (χ0n) is 14.8. The molecule has 7 nitrogen and oxygen atoms in total. The van der Waals surface area contributed by atoms with Gasteiger partial charge in [-0.2, -0.15) is 4.98 Å². The topological polar surface area (TPSA) is 103 Å². The second-order valence-corrected chi connectivity index (χ2v) is 6.44. The van der Waals surface area contributed by atoms with Gasteiger partial charge in [0.15, 0.2) is 5.65 Å². The van der Waals surface area contributed by atoms with Crippen LogP contribution in [0.25, 0.3) is 16.8 Å². The van der Waals surface area contributed by atoms with E-state index in [-0.39, 0.29) is 11.5 Å². The predicted molar refractivity (Wildman–Crippen MR) is 103 cm³/mol. The minimum atomic E-state index is -0.0117. The maximum absolute atomic E-state index is 9.96. The van der Waals surface area contributed by atoms with E-state index in [1.165, 1.54) is 18.2 Å². The molecule has 0 aliphatic heterocycles. The molecule has 0 aliphatic rings. The zero-order chi connectivity index (χ0) is 19.1. The number of fused-ring (bicyclic) bond motifs is 1. The molecule has 4 N–H and O–H groups in total. The first-order valence-electron chi connectivity index (χ1n) is 8.37. The van der Waals surface area contributed by atoms with Crippen molar-refractivity contribution in [3.8, 4) is 28.4 Å². The Kier molecular flexibility index (Phi) is 3.84. The second-order valence-electron chi connectivity index (χ2n) is 6.44. The third-order valence-electron chi connectivity index (χ3n) is 4.38. The van der Waals surface area contributed by atoms with Crippen LogP contribution in [0, 0.1) is 13.8 Å². The first kappa shape index (κ1) is 16.7. The number of nitrogens with zero attached hydrogens (tertiary/aromatic N) is 3. The molecule has 0 unspecified atom stereocenters.